The van der Waals surface area contributed by atoms with Crippen molar-refractivity contribution in [2.45, 2.75) is 146 Å². The average molecular weight is 633 g/mol. The van der Waals surface area contributed by atoms with Crippen molar-refractivity contribution in [3.8, 4) is 0 Å². The van der Waals surface area contributed by atoms with E-state index in [-0.39, 0.29) is 34.7 Å². The maximum absolute atomic E-state index is 12.5. The molecule has 10 heteroatoms. The van der Waals surface area contributed by atoms with Gasteiger partial charge in [-0.3, -0.25) is 0 Å². The van der Waals surface area contributed by atoms with Crippen molar-refractivity contribution in [1.29, 1.82) is 0 Å². The Morgan fingerprint density at radius 1 is 0.867 bits per heavy atom. The molecule has 7 aliphatic rings. The van der Waals surface area contributed by atoms with E-state index in [2.05, 4.69) is 13.8 Å². The zero-order valence-corrected chi connectivity index (χ0v) is 27.0. The fourth-order valence-corrected chi connectivity index (χ4v) is 10.9. The maximum Gasteiger partial charge on any atom is 0.331 e. The summed E-state index contributed by atoms with van der Waals surface area (Å²) in [5.41, 5.74) is 0.166. The number of hydrogen-bond donors (Lipinski definition) is 4. The molecule has 5 fully saturated rings. The Hall–Kier alpha value is -1.37. The lowest BCUT2D eigenvalue weighted by Gasteiger charge is -2.64. The van der Waals surface area contributed by atoms with Crippen molar-refractivity contribution in [1.82, 2.24) is 0 Å². The van der Waals surface area contributed by atoms with Crippen molar-refractivity contribution >= 4 is 5.97 Å². The zero-order chi connectivity index (χ0) is 31.9. The lowest BCUT2D eigenvalue weighted by atomic mass is 9.43. The van der Waals surface area contributed by atoms with Crippen molar-refractivity contribution in [3.05, 3.63) is 23.8 Å². The zero-order valence-electron chi connectivity index (χ0n) is 27.0. The second-order valence-electron chi connectivity index (χ2n) is 15.7. The maximum atomic E-state index is 12.5. The third kappa shape index (κ3) is 5.17. The van der Waals surface area contributed by atoms with Crippen LogP contribution in [0.25, 0.3) is 0 Å². The molecule has 252 valence electrons. The molecule has 0 spiro atoms. The number of fused-ring (bicyclic) bond motifs is 5. The quantitative estimate of drug-likeness (QED) is 0.203. The highest BCUT2D eigenvalue weighted by molar-refractivity contribution is 5.85. The molecule has 0 aromatic carbocycles. The Morgan fingerprint density at radius 3 is 2.40 bits per heavy atom. The van der Waals surface area contributed by atoms with Gasteiger partial charge in [0.1, 0.15) is 24.9 Å². The highest BCUT2D eigenvalue weighted by Gasteiger charge is 2.67. The molecule has 45 heavy (non-hydrogen) atoms. The predicted octanol–water partition coefficient (Wildman–Crippen LogP) is 3.14. The molecule has 3 heterocycles. The van der Waals surface area contributed by atoms with Crippen LogP contribution in [0.1, 0.15) is 85.5 Å². The highest BCUT2D eigenvalue weighted by atomic mass is 16.7. The molecule has 1 saturated heterocycles. The number of aliphatic hydroxyl groups is 4. The van der Waals surface area contributed by atoms with Gasteiger partial charge in [0.25, 0.3) is 0 Å². The average Bonchev–Trinajstić information content (AvgIpc) is 3.55. The summed E-state index contributed by atoms with van der Waals surface area (Å²) in [5, 5.41) is 44.5. The van der Waals surface area contributed by atoms with Crippen LogP contribution in [0.2, 0.25) is 0 Å². The lowest BCUT2D eigenvalue weighted by Crippen LogP contribution is -2.63. The van der Waals surface area contributed by atoms with Crippen LogP contribution in [-0.4, -0.2) is 93.9 Å². The first-order chi connectivity index (χ1) is 21.3. The van der Waals surface area contributed by atoms with Gasteiger partial charge in [-0.15, -0.1) is 0 Å². The van der Waals surface area contributed by atoms with Crippen molar-refractivity contribution in [2.24, 2.45) is 34.5 Å². The number of rotatable bonds is 5. The molecule has 4 N–H and O–H groups in total. The molecule has 0 amide bonds. The Balaban J connectivity index is 1.01. The molecule has 3 aliphatic heterocycles. The fourth-order valence-electron chi connectivity index (χ4n) is 10.9. The van der Waals surface area contributed by atoms with Gasteiger partial charge in [0.15, 0.2) is 12.6 Å². The summed E-state index contributed by atoms with van der Waals surface area (Å²) in [4.78, 5) is 11.9. The van der Waals surface area contributed by atoms with Crippen LogP contribution in [0, 0.1) is 34.5 Å². The summed E-state index contributed by atoms with van der Waals surface area (Å²) in [7, 11) is 0. The highest BCUT2D eigenvalue weighted by Crippen LogP contribution is 2.70. The lowest BCUT2D eigenvalue weighted by molar-refractivity contribution is -0.332. The fraction of sp³-hybridized carbons (Fsp3) is 0.857. The van der Waals surface area contributed by atoms with Crippen LogP contribution >= 0.6 is 0 Å². The Morgan fingerprint density at radius 2 is 1.67 bits per heavy atom. The Kier molecular flexibility index (Phi) is 8.33. The summed E-state index contributed by atoms with van der Waals surface area (Å²) >= 11 is 0. The topological polar surface area (TPSA) is 144 Å². The largest absolute Gasteiger partial charge is 0.458 e. The molecule has 0 bridgehead atoms. The summed E-state index contributed by atoms with van der Waals surface area (Å²) in [6, 6.07) is 0. The van der Waals surface area contributed by atoms with Gasteiger partial charge in [-0.2, -0.15) is 0 Å². The summed E-state index contributed by atoms with van der Waals surface area (Å²) in [5.74, 6) is 1.04. The Labute approximate surface area is 266 Å². The van der Waals surface area contributed by atoms with Gasteiger partial charge in [-0.25, -0.2) is 4.79 Å². The summed E-state index contributed by atoms with van der Waals surface area (Å²) in [6.45, 7) is 8.54. The van der Waals surface area contributed by atoms with Gasteiger partial charge in [0.05, 0.1) is 30.0 Å². The van der Waals surface area contributed by atoms with Crippen LogP contribution in [0.3, 0.4) is 0 Å². The third-order valence-electron chi connectivity index (χ3n) is 13.6. The van der Waals surface area contributed by atoms with Gasteiger partial charge < -0.3 is 44.1 Å². The first kappa shape index (κ1) is 32.2. The first-order valence-corrected chi connectivity index (χ1v) is 17.3. The molecule has 16 atom stereocenters. The number of hydrogen-bond acceptors (Lipinski definition) is 10. The van der Waals surface area contributed by atoms with E-state index in [0.29, 0.717) is 18.4 Å². The molecule has 0 aromatic heterocycles. The van der Waals surface area contributed by atoms with Crippen LogP contribution in [0.5, 0.6) is 0 Å². The first-order valence-electron chi connectivity index (χ1n) is 17.3. The standard InChI is InChI=1S/C35H52O10/c1-18-26(36)7-8-28(42-18)45-31-29(38)19(2)43-32(30(31)39)44-22-9-12-33(3)21(16-22)5-6-25-24(33)10-13-34(4)23(11-14-35(25,34)40)20-15-27(37)41-17-20/h7-8,15,18-19,21-26,28-32,36,38-40H,5-6,9-14,16-17H2,1-4H3/t18-,19?,21+,22-,23+,24?,25?,26-,28?,29-,30-,31-,32?,33?,34?,35-/m0/s1. The van der Waals surface area contributed by atoms with Crippen LogP contribution in [0.4, 0.5) is 0 Å². The van der Waals surface area contributed by atoms with E-state index in [1.165, 1.54) is 0 Å². The minimum absolute atomic E-state index is 0.0940. The molecular weight excluding hydrogens is 580 g/mol. The van der Waals surface area contributed by atoms with Crippen molar-refractivity contribution in [2.75, 3.05) is 6.61 Å². The number of aliphatic hydroxyl groups excluding tert-OH is 3. The van der Waals surface area contributed by atoms with Crippen LogP contribution in [-0.2, 0) is 28.5 Å². The Bertz CT molecular complexity index is 1200. The van der Waals surface area contributed by atoms with E-state index in [1.807, 2.05) is 0 Å². The summed E-state index contributed by atoms with van der Waals surface area (Å²) < 4.78 is 29.4. The SMILES string of the molecule is CC1OC(O[C@H]2CCC3(C)C4CCC5(C)[C@@H](C6=CC(=O)OC6)CC[C@]5(O)C4CC[C@@H]3C2)[C@@H](O)[C@@H](OC2C=C[C@H](O)[C@H](C)O2)[C@H]1O. The van der Waals surface area contributed by atoms with Gasteiger partial charge in [-0.1, -0.05) is 19.9 Å². The van der Waals surface area contributed by atoms with Crippen molar-refractivity contribution in [3.63, 3.8) is 0 Å². The monoisotopic (exact) mass is 632 g/mol. The molecule has 4 saturated carbocycles. The second-order valence-corrected chi connectivity index (χ2v) is 15.7. The van der Waals surface area contributed by atoms with Gasteiger partial charge in [-0.05, 0) is 112 Å². The third-order valence-corrected chi connectivity index (χ3v) is 13.6. The van der Waals surface area contributed by atoms with Crippen molar-refractivity contribution < 1.29 is 48.9 Å². The van der Waals surface area contributed by atoms with E-state index < -0.39 is 54.8 Å². The number of cyclic esters (lactones) is 1. The number of ether oxygens (including phenoxy) is 5. The van der Waals surface area contributed by atoms with E-state index in [4.69, 9.17) is 23.7 Å². The van der Waals surface area contributed by atoms with Gasteiger partial charge >= 0.3 is 5.97 Å². The van der Waals surface area contributed by atoms with Crippen LogP contribution in [0.15, 0.2) is 23.8 Å². The second kappa shape index (κ2) is 11.7. The number of carbonyl (C=O) groups excluding carboxylic acids is 1. The molecule has 7 unspecified atom stereocenters. The molecule has 0 aromatic rings. The van der Waals surface area contributed by atoms with E-state index >= 15 is 0 Å². The van der Waals surface area contributed by atoms with Gasteiger partial charge in [0, 0.05) is 11.5 Å². The van der Waals surface area contributed by atoms with Gasteiger partial charge in [0.2, 0.25) is 0 Å². The minimum atomic E-state index is -1.21. The van der Waals surface area contributed by atoms with Crippen LogP contribution < -0.4 is 0 Å². The van der Waals surface area contributed by atoms with E-state index in [1.54, 1.807) is 32.1 Å². The molecule has 7 rings (SSSR count). The molecular formula is C35H52O10. The number of carbonyl (C=O) groups is 1. The minimum Gasteiger partial charge on any atom is -0.458 e. The molecule has 4 aliphatic carbocycles. The number of esters is 1. The predicted molar refractivity (Wildman–Crippen MR) is 161 cm³/mol. The molecule has 0 radical (unpaired) electrons. The van der Waals surface area contributed by atoms with E-state index in [0.717, 1.165) is 63.4 Å². The van der Waals surface area contributed by atoms with E-state index in [9.17, 15) is 25.2 Å². The normalized spacial score (nSPS) is 54.5. The summed E-state index contributed by atoms with van der Waals surface area (Å²) in [6.07, 6.45) is 6.34. The molecule has 10 nitrogen and oxygen atoms in total. The smallest absolute Gasteiger partial charge is 0.331 e.